The van der Waals surface area contributed by atoms with Crippen LogP contribution in [0.1, 0.15) is 49.4 Å². The molecule has 0 saturated heterocycles. The highest BCUT2D eigenvalue weighted by Gasteiger charge is 2.18. The molecule has 1 unspecified atom stereocenters. The van der Waals surface area contributed by atoms with E-state index in [-0.39, 0.29) is 11.9 Å². The van der Waals surface area contributed by atoms with Crippen LogP contribution < -0.4 is 10.6 Å². The average Bonchev–Trinajstić information content (AvgIpc) is 2.98. The summed E-state index contributed by atoms with van der Waals surface area (Å²) in [6.07, 6.45) is 6.12. The fourth-order valence-electron chi connectivity index (χ4n) is 2.24. The highest BCUT2D eigenvalue weighted by molar-refractivity contribution is 8.03. The first-order valence-corrected chi connectivity index (χ1v) is 8.77. The molecule has 1 aliphatic rings. The van der Waals surface area contributed by atoms with Gasteiger partial charge in [0, 0.05) is 18.3 Å². The predicted molar refractivity (Wildman–Crippen MR) is 92.8 cm³/mol. The number of nitrogens with two attached hydrogens (primary N) is 1. The fourth-order valence-corrected chi connectivity index (χ4v) is 2.93. The molecule has 1 aromatic rings. The largest absolute Gasteiger partial charge is 0.389 e. The van der Waals surface area contributed by atoms with Gasteiger partial charge in [0.05, 0.1) is 5.56 Å². The van der Waals surface area contributed by atoms with Crippen LogP contribution in [0.3, 0.4) is 0 Å². The standard InChI is InChI=1S/C17H22N2O3S/c1-2-3-4-5-6-15(20)22-16(21)13-7-9-14(10-8-13)19-11-12-23-17(19)18/h7-12,17H,2-6,18H2,1H3. The van der Waals surface area contributed by atoms with Gasteiger partial charge in [-0.1, -0.05) is 37.9 Å². The van der Waals surface area contributed by atoms with Gasteiger partial charge in [-0.3, -0.25) is 4.79 Å². The second-order valence-electron chi connectivity index (χ2n) is 5.34. The summed E-state index contributed by atoms with van der Waals surface area (Å²) < 4.78 is 4.87. The van der Waals surface area contributed by atoms with Crippen LogP contribution in [-0.2, 0) is 9.53 Å². The number of rotatable bonds is 7. The summed E-state index contributed by atoms with van der Waals surface area (Å²) in [6.45, 7) is 2.11. The summed E-state index contributed by atoms with van der Waals surface area (Å²) in [7, 11) is 0. The summed E-state index contributed by atoms with van der Waals surface area (Å²) in [5.41, 5.74) is 7.03. The van der Waals surface area contributed by atoms with Gasteiger partial charge >= 0.3 is 11.9 Å². The Kier molecular flexibility index (Phi) is 6.67. The highest BCUT2D eigenvalue weighted by Crippen LogP contribution is 2.27. The third kappa shape index (κ3) is 5.11. The average molecular weight is 334 g/mol. The van der Waals surface area contributed by atoms with Gasteiger partial charge in [0.15, 0.2) is 0 Å². The summed E-state index contributed by atoms with van der Waals surface area (Å²) in [5, 5.41) is 1.92. The van der Waals surface area contributed by atoms with Gasteiger partial charge < -0.3 is 15.4 Å². The molecule has 1 aliphatic heterocycles. The molecule has 0 radical (unpaired) electrons. The third-order valence-electron chi connectivity index (χ3n) is 3.56. The molecule has 0 aromatic heterocycles. The number of carbonyl (C=O) groups excluding carboxylic acids is 2. The van der Waals surface area contributed by atoms with E-state index in [4.69, 9.17) is 10.5 Å². The Balaban J connectivity index is 1.85. The van der Waals surface area contributed by atoms with Crippen molar-refractivity contribution in [1.82, 2.24) is 0 Å². The number of benzene rings is 1. The van der Waals surface area contributed by atoms with Crippen LogP contribution in [0.25, 0.3) is 0 Å². The van der Waals surface area contributed by atoms with Gasteiger partial charge in [0.25, 0.3) is 0 Å². The minimum Gasteiger partial charge on any atom is -0.389 e. The second kappa shape index (κ2) is 8.74. The maximum absolute atomic E-state index is 11.9. The van der Waals surface area contributed by atoms with Crippen LogP contribution in [0.15, 0.2) is 35.9 Å². The zero-order chi connectivity index (χ0) is 16.7. The number of hydrogen-bond acceptors (Lipinski definition) is 6. The Morgan fingerprint density at radius 3 is 2.57 bits per heavy atom. The quantitative estimate of drug-likeness (QED) is 0.466. The minimum atomic E-state index is -0.604. The Labute approximate surface area is 140 Å². The van der Waals surface area contributed by atoms with E-state index in [0.717, 1.165) is 31.4 Å². The van der Waals surface area contributed by atoms with Crippen molar-refractivity contribution >= 4 is 29.4 Å². The van der Waals surface area contributed by atoms with Crippen LogP contribution in [0.2, 0.25) is 0 Å². The predicted octanol–water partition coefficient (Wildman–Crippen LogP) is 3.61. The molecule has 0 spiro atoms. The van der Waals surface area contributed by atoms with E-state index < -0.39 is 11.9 Å². The highest BCUT2D eigenvalue weighted by atomic mass is 32.2. The Bertz CT molecular complexity index is 572. The molecule has 0 amide bonds. The van der Waals surface area contributed by atoms with Crippen molar-refractivity contribution in [2.24, 2.45) is 5.73 Å². The number of carbonyl (C=O) groups is 2. The number of esters is 2. The molecule has 2 rings (SSSR count). The molecule has 23 heavy (non-hydrogen) atoms. The fraction of sp³-hybridized carbons (Fsp3) is 0.412. The van der Waals surface area contributed by atoms with Crippen molar-refractivity contribution in [3.8, 4) is 0 Å². The lowest BCUT2D eigenvalue weighted by atomic mass is 10.1. The first kappa shape index (κ1) is 17.6. The van der Waals surface area contributed by atoms with Gasteiger partial charge in [0.2, 0.25) is 0 Å². The molecule has 1 heterocycles. The zero-order valence-corrected chi connectivity index (χ0v) is 14.1. The zero-order valence-electron chi connectivity index (χ0n) is 13.2. The van der Waals surface area contributed by atoms with Crippen LogP contribution in [0.5, 0.6) is 0 Å². The number of unbranched alkanes of at least 4 members (excludes halogenated alkanes) is 3. The number of anilines is 1. The molecule has 0 aliphatic carbocycles. The monoisotopic (exact) mass is 334 g/mol. The van der Waals surface area contributed by atoms with E-state index in [9.17, 15) is 9.59 Å². The smallest absolute Gasteiger partial charge is 0.345 e. The molecule has 0 bridgehead atoms. The molecule has 5 nitrogen and oxygen atoms in total. The minimum absolute atomic E-state index is 0.155. The van der Waals surface area contributed by atoms with E-state index in [2.05, 4.69) is 6.92 Å². The van der Waals surface area contributed by atoms with E-state index >= 15 is 0 Å². The van der Waals surface area contributed by atoms with Crippen LogP contribution in [-0.4, -0.2) is 17.4 Å². The molecule has 2 N–H and O–H groups in total. The van der Waals surface area contributed by atoms with Crippen LogP contribution in [0, 0.1) is 0 Å². The van der Waals surface area contributed by atoms with Gasteiger partial charge in [0.1, 0.15) is 5.50 Å². The third-order valence-corrected chi connectivity index (χ3v) is 4.34. The number of thioether (sulfide) groups is 1. The van der Waals surface area contributed by atoms with E-state index in [1.807, 2.05) is 16.5 Å². The number of ether oxygens (including phenoxy) is 1. The topological polar surface area (TPSA) is 72.6 Å². The number of hydrogen-bond donors (Lipinski definition) is 1. The van der Waals surface area contributed by atoms with Crippen molar-refractivity contribution in [2.45, 2.75) is 44.5 Å². The normalized spacial score (nSPS) is 16.6. The molecule has 1 aromatic carbocycles. The van der Waals surface area contributed by atoms with Crippen LogP contribution in [0.4, 0.5) is 5.69 Å². The van der Waals surface area contributed by atoms with Gasteiger partial charge in [-0.05, 0) is 36.1 Å². The van der Waals surface area contributed by atoms with Crippen molar-refractivity contribution in [3.05, 3.63) is 41.4 Å². The molecule has 6 heteroatoms. The summed E-state index contributed by atoms with van der Waals surface area (Å²) in [5.74, 6) is -1.07. The maximum Gasteiger partial charge on any atom is 0.345 e. The molecule has 0 saturated carbocycles. The summed E-state index contributed by atoms with van der Waals surface area (Å²) >= 11 is 1.52. The lowest BCUT2D eigenvalue weighted by molar-refractivity contribution is -0.138. The van der Waals surface area contributed by atoms with E-state index in [0.29, 0.717) is 5.56 Å². The van der Waals surface area contributed by atoms with Gasteiger partial charge in [-0.25, -0.2) is 4.79 Å². The van der Waals surface area contributed by atoms with Gasteiger partial charge in [-0.15, -0.1) is 0 Å². The van der Waals surface area contributed by atoms with E-state index in [1.54, 1.807) is 24.3 Å². The van der Waals surface area contributed by atoms with Crippen molar-refractivity contribution < 1.29 is 14.3 Å². The molecular weight excluding hydrogens is 312 g/mol. The molecule has 0 fully saturated rings. The van der Waals surface area contributed by atoms with Crippen molar-refractivity contribution in [1.29, 1.82) is 0 Å². The van der Waals surface area contributed by atoms with Crippen LogP contribution >= 0.6 is 11.8 Å². The molecule has 124 valence electrons. The Morgan fingerprint density at radius 1 is 1.22 bits per heavy atom. The Hall–Kier alpha value is -1.79. The number of nitrogens with zero attached hydrogens (tertiary/aromatic N) is 1. The SMILES string of the molecule is CCCCCCC(=O)OC(=O)c1ccc(N2C=CSC2N)cc1. The Morgan fingerprint density at radius 2 is 1.96 bits per heavy atom. The summed E-state index contributed by atoms with van der Waals surface area (Å²) in [4.78, 5) is 25.5. The first-order chi connectivity index (χ1) is 11.1. The summed E-state index contributed by atoms with van der Waals surface area (Å²) in [6, 6.07) is 6.87. The lowest BCUT2D eigenvalue weighted by Crippen LogP contribution is -2.32. The van der Waals surface area contributed by atoms with Crippen molar-refractivity contribution in [2.75, 3.05) is 4.90 Å². The van der Waals surface area contributed by atoms with Gasteiger partial charge in [-0.2, -0.15) is 0 Å². The van der Waals surface area contributed by atoms with E-state index in [1.165, 1.54) is 11.8 Å². The molecular formula is C17H22N2O3S. The molecule has 1 atom stereocenters. The maximum atomic E-state index is 11.9. The first-order valence-electron chi connectivity index (χ1n) is 7.83. The second-order valence-corrected chi connectivity index (χ2v) is 6.37. The lowest BCUT2D eigenvalue weighted by Gasteiger charge is -2.21. The van der Waals surface area contributed by atoms with Crippen molar-refractivity contribution in [3.63, 3.8) is 0 Å².